The minimum absolute atomic E-state index is 0.380. The van der Waals surface area contributed by atoms with Gasteiger partial charge in [0.25, 0.3) is 0 Å². The molecule has 0 unspecified atom stereocenters. The molecule has 1 saturated carbocycles. The summed E-state index contributed by atoms with van der Waals surface area (Å²) in [5.74, 6) is 1.31. The Hall–Kier alpha value is -0.770. The van der Waals surface area contributed by atoms with Crippen molar-refractivity contribution in [3.05, 3.63) is 12.2 Å². The van der Waals surface area contributed by atoms with Gasteiger partial charge in [-0.05, 0) is 23.7 Å². The van der Waals surface area contributed by atoms with E-state index >= 15 is 0 Å². The molecule has 0 amide bonds. The van der Waals surface area contributed by atoms with E-state index in [-0.39, 0.29) is 0 Å². The summed E-state index contributed by atoms with van der Waals surface area (Å²) in [7, 11) is 0. The molecule has 0 aromatic carbocycles. The summed E-state index contributed by atoms with van der Waals surface area (Å²) in [5.41, 5.74) is 0.380. The zero-order chi connectivity index (χ0) is 9.90. The Labute approximate surface area is 81.5 Å². The van der Waals surface area contributed by atoms with Gasteiger partial charge in [-0.1, -0.05) is 39.7 Å². The SMILES string of the molecule is C[C@@H]1CCCC(C)(C)[C@H]1C=CC#N. The average Bonchev–Trinajstić information content (AvgIpc) is 2.02. The van der Waals surface area contributed by atoms with Crippen LogP contribution in [0.5, 0.6) is 0 Å². The summed E-state index contributed by atoms with van der Waals surface area (Å²) in [6.07, 6.45) is 7.69. The van der Waals surface area contributed by atoms with Gasteiger partial charge in [-0.15, -0.1) is 0 Å². The van der Waals surface area contributed by atoms with E-state index in [1.54, 1.807) is 6.08 Å². The molecular weight excluding hydrogens is 158 g/mol. The van der Waals surface area contributed by atoms with Crippen molar-refractivity contribution in [1.29, 1.82) is 5.26 Å². The molecule has 0 aromatic heterocycles. The van der Waals surface area contributed by atoms with Gasteiger partial charge in [-0.2, -0.15) is 5.26 Å². The van der Waals surface area contributed by atoms with Gasteiger partial charge in [-0.3, -0.25) is 0 Å². The predicted octanol–water partition coefficient (Wildman–Crippen LogP) is 3.53. The fraction of sp³-hybridized carbons (Fsp3) is 0.750. The highest BCUT2D eigenvalue weighted by Crippen LogP contribution is 2.44. The fourth-order valence-electron chi connectivity index (χ4n) is 2.59. The van der Waals surface area contributed by atoms with Crippen LogP contribution in [0.3, 0.4) is 0 Å². The van der Waals surface area contributed by atoms with Crippen molar-refractivity contribution in [2.75, 3.05) is 0 Å². The van der Waals surface area contributed by atoms with Crippen molar-refractivity contribution in [2.24, 2.45) is 17.3 Å². The topological polar surface area (TPSA) is 23.8 Å². The molecule has 0 radical (unpaired) electrons. The van der Waals surface area contributed by atoms with Crippen LogP contribution in [0.1, 0.15) is 40.0 Å². The van der Waals surface area contributed by atoms with Crippen molar-refractivity contribution in [1.82, 2.24) is 0 Å². The minimum atomic E-state index is 0.380. The fourth-order valence-corrected chi connectivity index (χ4v) is 2.59. The molecular formula is C12H19N. The molecule has 0 heterocycles. The lowest BCUT2D eigenvalue weighted by molar-refractivity contribution is 0.123. The van der Waals surface area contributed by atoms with Gasteiger partial charge in [0.15, 0.2) is 0 Å². The summed E-state index contributed by atoms with van der Waals surface area (Å²) < 4.78 is 0. The van der Waals surface area contributed by atoms with E-state index in [9.17, 15) is 0 Å². The van der Waals surface area contributed by atoms with E-state index in [0.29, 0.717) is 11.3 Å². The third kappa shape index (κ3) is 2.34. The molecule has 1 aliphatic carbocycles. The lowest BCUT2D eigenvalue weighted by Gasteiger charge is -2.41. The van der Waals surface area contributed by atoms with Crippen molar-refractivity contribution < 1.29 is 0 Å². The van der Waals surface area contributed by atoms with Crippen LogP contribution in [0, 0.1) is 28.6 Å². The van der Waals surface area contributed by atoms with Crippen LogP contribution in [-0.2, 0) is 0 Å². The molecule has 1 nitrogen and oxygen atoms in total. The Morgan fingerprint density at radius 2 is 2.15 bits per heavy atom. The summed E-state index contributed by atoms with van der Waals surface area (Å²) in [5, 5.41) is 8.52. The molecule has 1 aliphatic rings. The summed E-state index contributed by atoms with van der Waals surface area (Å²) >= 11 is 0. The van der Waals surface area contributed by atoms with Crippen LogP contribution in [0.2, 0.25) is 0 Å². The second-order valence-corrected chi connectivity index (χ2v) is 4.87. The Balaban J connectivity index is 2.76. The zero-order valence-corrected chi connectivity index (χ0v) is 8.88. The smallest absolute Gasteiger partial charge is 0.0908 e. The van der Waals surface area contributed by atoms with E-state index in [4.69, 9.17) is 5.26 Å². The molecule has 1 fully saturated rings. The van der Waals surface area contributed by atoms with Gasteiger partial charge in [0.1, 0.15) is 0 Å². The molecule has 2 atom stereocenters. The zero-order valence-electron chi connectivity index (χ0n) is 8.88. The number of hydrogen-bond acceptors (Lipinski definition) is 1. The first-order chi connectivity index (χ1) is 6.08. The van der Waals surface area contributed by atoms with E-state index in [1.807, 2.05) is 0 Å². The molecule has 72 valence electrons. The Morgan fingerprint density at radius 1 is 1.46 bits per heavy atom. The molecule has 0 aromatic rings. The lowest BCUT2D eigenvalue weighted by Crippen LogP contribution is -2.32. The summed E-state index contributed by atoms with van der Waals surface area (Å²) in [6, 6.07) is 2.09. The first-order valence-electron chi connectivity index (χ1n) is 5.14. The van der Waals surface area contributed by atoms with E-state index < -0.39 is 0 Å². The van der Waals surface area contributed by atoms with Crippen molar-refractivity contribution >= 4 is 0 Å². The Kier molecular flexibility index (Phi) is 3.14. The molecule has 0 spiro atoms. The van der Waals surface area contributed by atoms with Crippen LogP contribution in [0.4, 0.5) is 0 Å². The molecule has 13 heavy (non-hydrogen) atoms. The quantitative estimate of drug-likeness (QED) is 0.562. The highest BCUT2D eigenvalue weighted by molar-refractivity contribution is 5.08. The van der Waals surface area contributed by atoms with Crippen molar-refractivity contribution in [3.63, 3.8) is 0 Å². The van der Waals surface area contributed by atoms with E-state index in [1.165, 1.54) is 19.3 Å². The second-order valence-electron chi connectivity index (χ2n) is 4.87. The van der Waals surface area contributed by atoms with Crippen LogP contribution >= 0.6 is 0 Å². The predicted molar refractivity (Wildman–Crippen MR) is 55.0 cm³/mol. The molecule has 0 aliphatic heterocycles. The number of rotatable bonds is 1. The average molecular weight is 177 g/mol. The molecule has 1 rings (SSSR count). The Bertz CT molecular complexity index is 232. The van der Waals surface area contributed by atoms with Gasteiger partial charge in [0, 0.05) is 6.08 Å². The van der Waals surface area contributed by atoms with Crippen LogP contribution in [0.25, 0.3) is 0 Å². The lowest BCUT2D eigenvalue weighted by atomic mass is 9.64. The van der Waals surface area contributed by atoms with Crippen molar-refractivity contribution in [2.45, 2.75) is 40.0 Å². The van der Waals surface area contributed by atoms with Crippen LogP contribution < -0.4 is 0 Å². The van der Waals surface area contributed by atoms with Gasteiger partial charge < -0.3 is 0 Å². The summed E-state index contributed by atoms with van der Waals surface area (Å²) in [6.45, 7) is 6.93. The first kappa shape index (κ1) is 10.3. The number of nitrogens with zero attached hydrogens (tertiary/aromatic N) is 1. The minimum Gasteiger partial charge on any atom is -0.193 e. The monoisotopic (exact) mass is 177 g/mol. The third-order valence-electron chi connectivity index (χ3n) is 3.37. The van der Waals surface area contributed by atoms with E-state index in [0.717, 1.165) is 5.92 Å². The first-order valence-corrected chi connectivity index (χ1v) is 5.14. The van der Waals surface area contributed by atoms with Gasteiger partial charge in [0.2, 0.25) is 0 Å². The maximum absolute atomic E-state index is 8.52. The van der Waals surface area contributed by atoms with Gasteiger partial charge >= 0.3 is 0 Å². The van der Waals surface area contributed by atoms with Crippen LogP contribution in [0.15, 0.2) is 12.2 Å². The molecule has 1 heteroatoms. The summed E-state index contributed by atoms with van der Waals surface area (Å²) in [4.78, 5) is 0. The number of hydrogen-bond donors (Lipinski definition) is 0. The van der Waals surface area contributed by atoms with Crippen molar-refractivity contribution in [3.8, 4) is 6.07 Å². The molecule has 0 bridgehead atoms. The van der Waals surface area contributed by atoms with Gasteiger partial charge in [0.05, 0.1) is 6.07 Å². The molecule has 0 saturated heterocycles. The largest absolute Gasteiger partial charge is 0.193 e. The highest BCUT2D eigenvalue weighted by atomic mass is 14.4. The highest BCUT2D eigenvalue weighted by Gasteiger charge is 2.34. The normalized spacial score (nSPS) is 33.1. The number of nitriles is 1. The maximum atomic E-state index is 8.52. The second kappa shape index (κ2) is 3.96. The standard InChI is InChI=1S/C12H19N/c1-10-6-4-8-12(2,3)11(10)7-5-9-13/h5,7,10-11H,4,6,8H2,1-3H3/t10-,11+/m1/s1. The maximum Gasteiger partial charge on any atom is 0.0908 e. The van der Waals surface area contributed by atoms with E-state index in [2.05, 4.69) is 32.9 Å². The Morgan fingerprint density at radius 3 is 2.69 bits per heavy atom. The number of allylic oxidation sites excluding steroid dienone is 2. The van der Waals surface area contributed by atoms with Crippen LogP contribution in [-0.4, -0.2) is 0 Å². The van der Waals surface area contributed by atoms with Gasteiger partial charge in [-0.25, -0.2) is 0 Å². The molecule has 0 N–H and O–H groups in total. The third-order valence-corrected chi connectivity index (χ3v) is 3.37.